The van der Waals surface area contributed by atoms with E-state index in [4.69, 9.17) is 11.6 Å². The van der Waals surface area contributed by atoms with Crippen molar-refractivity contribution in [3.05, 3.63) is 76.8 Å². The van der Waals surface area contributed by atoms with Crippen molar-refractivity contribution in [1.29, 1.82) is 0 Å². The minimum Gasteiger partial charge on any atom is -0.369 e. The summed E-state index contributed by atoms with van der Waals surface area (Å²) in [6.07, 6.45) is -3.65. The van der Waals surface area contributed by atoms with Crippen LogP contribution in [0.15, 0.2) is 60.7 Å². The number of alkyl halides is 3. The summed E-state index contributed by atoms with van der Waals surface area (Å²) in [5.41, 5.74) is 1.98. The Bertz CT molecular complexity index is 1350. The molecule has 0 aliphatic rings. The van der Waals surface area contributed by atoms with Gasteiger partial charge in [-0.25, -0.2) is 9.97 Å². The summed E-state index contributed by atoms with van der Waals surface area (Å²) in [6, 6.07) is 16.5. The second-order valence-electron chi connectivity index (χ2n) is 8.73. The first-order valence-corrected chi connectivity index (χ1v) is 11.6. The highest BCUT2D eigenvalue weighted by Crippen LogP contribution is 2.38. The number of fused-ring (bicyclic) bond motifs is 1. The zero-order valence-electron chi connectivity index (χ0n) is 19.7. The average Bonchev–Trinajstić information content (AvgIpc) is 2.81. The molecule has 8 heteroatoms. The van der Waals surface area contributed by atoms with E-state index in [9.17, 15) is 13.2 Å². The number of anilines is 1. The number of aromatic nitrogens is 2. The van der Waals surface area contributed by atoms with E-state index in [0.717, 1.165) is 36.0 Å². The number of nitrogens with zero attached hydrogens (tertiary/aromatic N) is 3. The summed E-state index contributed by atoms with van der Waals surface area (Å²) in [5.74, 6) is 0.825. The summed E-state index contributed by atoms with van der Waals surface area (Å²) in [5, 5.41) is 4.56. The lowest BCUT2D eigenvalue weighted by molar-refractivity contribution is -0.137. The molecular weight excluding hydrogens is 473 g/mol. The van der Waals surface area contributed by atoms with Crippen molar-refractivity contribution in [2.75, 3.05) is 32.5 Å². The Labute approximate surface area is 207 Å². The average molecular weight is 499 g/mol. The number of halogens is 4. The van der Waals surface area contributed by atoms with Crippen LogP contribution in [-0.2, 0) is 6.18 Å². The highest BCUT2D eigenvalue weighted by molar-refractivity contribution is 6.33. The summed E-state index contributed by atoms with van der Waals surface area (Å²) in [7, 11) is 4.01. The van der Waals surface area contributed by atoms with E-state index in [0.29, 0.717) is 34.0 Å². The molecule has 1 heterocycles. The molecule has 0 fully saturated rings. The van der Waals surface area contributed by atoms with Crippen molar-refractivity contribution < 1.29 is 13.2 Å². The van der Waals surface area contributed by atoms with Crippen molar-refractivity contribution >= 4 is 28.3 Å². The van der Waals surface area contributed by atoms with Crippen LogP contribution in [0.5, 0.6) is 0 Å². The van der Waals surface area contributed by atoms with E-state index >= 15 is 0 Å². The van der Waals surface area contributed by atoms with Gasteiger partial charge < -0.3 is 10.2 Å². The molecule has 182 valence electrons. The van der Waals surface area contributed by atoms with Gasteiger partial charge >= 0.3 is 6.18 Å². The number of benzene rings is 3. The lowest BCUT2D eigenvalue weighted by Gasteiger charge is -2.16. The van der Waals surface area contributed by atoms with E-state index in [1.54, 1.807) is 30.3 Å². The molecule has 0 radical (unpaired) electrons. The molecular formula is C27H26ClF3N4. The topological polar surface area (TPSA) is 41.0 Å². The molecule has 0 aliphatic carbocycles. The first-order valence-electron chi connectivity index (χ1n) is 11.3. The van der Waals surface area contributed by atoms with Gasteiger partial charge in [-0.2, -0.15) is 13.2 Å². The standard InChI is InChI=1S/C27H26ClF3N4/c1-17-8-6-10-22-24(17)33-25(34-26(22)32-12-7-13-35(2)3)19-14-18(15-20(16-19)27(29,30)31)21-9-4-5-11-23(21)28/h4-6,8-11,14-16H,7,12-13H2,1-3H3,(H,32,33,34). The highest BCUT2D eigenvalue weighted by atomic mass is 35.5. The van der Waals surface area contributed by atoms with Crippen molar-refractivity contribution in [1.82, 2.24) is 14.9 Å². The van der Waals surface area contributed by atoms with Gasteiger partial charge in [0.1, 0.15) is 5.82 Å². The predicted molar refractivity (Wildman–Crippen MR) is 137 cm³/mol. The van der Waals surface area contributed by atoms with Crippen LogP contribution < -0.4 is 5.32 Å². The normalized spacial score (nSPS) is 11.9. The van der Waals surface area contributed by atoms with Crippen LogP contribution in [0.4, 0.5) is 19.0 Å². The van der Waals surface area contributed by atoms with E-state index in [1.165, 1.54) is 0 Å². The third kappa shape index (κ3) is 5.74. The molecule has 3 aromatic carbocycles. The number of para-hydroxylation sites is 1. The van der Waals surface area contributed by atoms with Gasteiger partial charge in [0.2, 0.25) is 0 Å². The highest BCUT2D eigenvalue weighted by Gasteiger charge is 2.32. The minimum atomic E-state index is -4.54. The molecule has 4 rings (SSSR count). The van der Waals surface area contributed by atoms with Crippen LogP contribution >= 0.6 is 11.6 Å². The van der Waals surface area contributed by atoms with Crippen LogP contribution in [0, 0.1) is 6.92 Å². The van der Waals surface area contributed by atoms with Crippen molar-refractivity contribution in [3.63, 3.8) is 0 Å². The molecule has 4 nitrogen and oxygen atoms in total. The summed E-state index contributed by atoms with van der Waals surface area (Å²) < 4.78 is 41.6. The molecule has 4 aromatic rings. The number of rotatable bonds is 7. The molecule has 0 aliphatic heterocycles. The van der Waals surface area contributed by atoms with Gasteiger partial charge in [0.15, 0.2) is 5.82 Å². The van der Waals surface area contributed by atoms with Crippen LogP contribution in [0.3, 0.4) is 0 Å². The van der Waals surface area contributed by atoms with Gasteiger partial charge in [0, 0.05) is 28.1 Å². The summed E-state index contributed by atoms with van der Waals surface area (Å²) >= 11 is 6.32. The lowest BCUT2D eigenvalue weighted by atomic mass is 9.98. The second kappa shape index (κ2) is 10.2. The fourth-order valence-corrected chi connectivity index (χ4v) is 4.18. The smallest absolute Gasteiger partial charge is 0.369 e. The SMILES string of the molecule is Cc1cccc2c(NCCCN(C)C)nc(-c3cc(-c4ccccc4Cl)cc(C(F)(F)F)c3)nc12. The number of hydrogen-bond donors (Lipinski definition) is 1. The molecule has 0 bridgehead atoms. The summed E-state index contributed by atoms with van der Waals surface area (Å²) in [6.45, 7) is 3.50. The minimum absolute atomic E-state index is 0.223. The van der Waals surface area contributed by atoms with Gasteiger partial charge in [-0.15, -0.1) is 0 Å². The molecule has 35 heavy (non-hydrogen) atoms. The molecule has 0 unspecified atom stereocenters. The number of aryl methyl sites for hydroxylation is 1. The van der Waals surface area contributed by atoms with Crippen molar-refractivity contribution in [2.45, 2.75) is 19.5 Å². The Morgan fingerprint density at radius 3 is 2.40 bits per heavy atom. The Kier molecular flexibility index (Phi) is 7.28. The van der Waals surface area contributed by atoms with Gasteiger partial charge in [-0.05, 0) is 75.4 Å². The lowest BCUT2D eigenvalue weighted by Crippen LogP contribution is -2.17. The van der Waals surface area contributed by atoms with E-state index < -0.39 is 11.7 Å². The zero-order chi connectivity index (χ0) is 25.2. The first kappa shape index (κ1) is 24.9. The Balaban J connectivity index is 1.87. The van der Waals surface area contributed by atoms with Crippen LogP contribution in [0.1, 0.15) is 17.5 Å². The molecule has 0 spiro atoms. The predicted octanol–water partition coefficient (Wildman–Crippen LogP) is 7.31. The number of hydrogen-bond acceptors (Lipinski definition) is 4. The van der Waals surface area contributed by atoms with Crippen molar-refractivity contribution in [2.24, 2.45) is 0 Å². The Morgan fingerprint density at radius 2 is 1.69 bits per heavy atom. The Hall–Kier alpha value is -3.16. The monoisotopic (exact) mass is 498 g/mol. The summed E-state index contributed by atoms with van der Waals surface area (Å²) in [4.78, 5) is 11.4. The van der Waals surface area contributed by atoms with Gasteiger partial charge in [-0.3, -0.25) is 0 Å². The maximum atomic E-state index is 13.9. The number of nitrogens with one attached hydrogen (secondary N) is 1. The molecule has 0 atom stereocenters. The van der Waals surface area contributed by atoms with Gasteiger partial charge in [0.05, 0.1) is 11.1 Å². The van der Waals surface area contributed by atoms with E-state index in [-0.39, 0.29) is 11.4 Å². The van der Waals surface area contributed by atoms with Crippen LogP contribution in [0.2, 0.25) is 5.02 Å². The first-order chi connectivity index (χ1) is 16.6. The van der Waals surface area contributed by atoms with Crippen LogP contribution in [-0.4, -0.2) is 42.1 Å². The quantitative estimate of drug-likeness (QED) is 0.271. The molecule has 0 saturated carbocycles. The largest absolute Gasteiger partial charge is 0.416 e. The second-order valence-corrected chi connectivity index (χ2v) is 9.13. The Morgan fingerprint density at radius 1 is 0.943 bits per heavy atom. The van der Waals surface area contributed by atoms with Crippen molar-refractivity contribution in [3.8, 4) is 22.5 Å². The maximum Gasteiger partial charge on any atom is 0.416 e. The third-order valence-corrected chi connectivity index (χ3v) is 6.04. The van der Waals surface area contributed by atoms with Gasteiger partial charge in [0.25, 0.3) is 0 Å². The van der Waals surface area contributed by atoms with E-state index in [2.05, 4.69) is 20.2 Å². The zero-order valence-corrected chi connectivity index (χ0v) is 20.5. The third-order valence-electron chi connectivity index (χ3n) is 5.71. The maximum absolute atomic E-state index is 13.9. The fourth-order valence-electron chi connectivity index (χ4n) is 3.93. The fraction of sp³-hybridized carbons (Fsp3) is 0.259. The van der Waals surface area contributed by atoms with Gasteiger partial charge in [-0.1, -0.05) is 41.9 Å². The van der Waals surface area contributed by atoms with E-state index in [1.807, 2.05) is 39.2 Å². The molecule has 0 saturated heterocycles. The molecule has 1 aromatic heterocycles. The molecule has 0 amide bonds. The molecule has 1 N–H and O–H groups in total. The van der Waals surface area contributed by atoms with Crippen LogP contribution in [0.25, 0.3) is 33.4 Å².